The molecule has 0 spiro atoms. The molecule has 0 saturated heterocycles. The van der Waals surface area contributed by atoms with Gasteiger partial charge >= 0.3 is 6.03 Å². The maximum Gasteiger partial charge on any atom is 0.322 e. The quantitative estimate of drug-likeness (QED) is 0.473. The topological polar surface area (TPSA) is 66.8 Å². The molecule has 0 saturated carbocycles. The number of hydrogen-bond acceptors (Lipinski definition) is 3. The highest BCUT2D eigenvalue weighted by Gasteiger charge is 2.33. The van der Waals surface area contributed by atoms with Gasteiger partial charge in [-0.3, -0.25) is 4.79 Å². The summed E-state index contributed by atoms with van der Waals surface area (Å²) in [5.41, 5.74) is 2.18. The van der Waals surface area contributed by atoms with Crippen molar-refractivity contribution in [1.82, 2.24) is 14.4 Å². The summed E-state index contributed by atoms with van der Waals surface area (Å²) in [6.07, 6.45) is 1.97. The van der Waals surface area contributed by atoms with Crippen LogP contribution in [-0.2, 0) is 11.3 Å². The maximum absolute atomic E-state index is 14.1. The van der Waals surface area contributed by atoms with Gasteiger partial charge in [0.2, 0.25) is 5.91 Å². The second-order valence-corrected chi connectivity index (χ2v) is 9.30. The van der Waals surface area contributed by atoms with E-state index in [9.17, 15) is 14.0 Å². The molecular weight excluding hydrogens is 459 g/mol. The molecule has 7 nitrogen and oxygen atoms in total. The Morgan fingerprint density at radius 2 is 1.92 bits per heavy atom. The summed E-state index contributed by atoms with van der Waals surface area (Å²) in [5, 5.41) is 2.91. The summed E-state index contributed by atoms with van der Waals surface area (Å²) in [7, 11) is 0. The zero-order valence-electron chi connectivity index (χ0n) is 21.0. The van der Waals surface area contributed by atoms with Crippen LogP contribution in [-0.4, -0.2) is 52.5 Å². The van der Waals surface area contributed by atoms with E-state index in [0.717, 1.165) is 5.69 Å². The molecule has 0 bridgehead atoms. The number of para-hydroxylation sites is 2. The van der Waals surface area contributed by atoms with Crippen LogP contribution in [0.3, 0.4) is 0 Å². The number of fused-ring (bicyclic) bond motifs is 1. The molecule has 1 aromatic heterocycles. The lowest BCUT2D eigenvalue weighted by Gasteiger charge is -2.38. The molecule has 190 valence electrons. The number of amides is 3. The summed E-state index contributed by atoms with van der Waals surface area (Å²) in [6.45, 7) is 7.77. The summed E-state index contributed by atoms with van der Waals surface area (Å²) in [4.78, 5) is 30.3. The van der Waals surface area contributed by atoms with Crippen molar-refractivity contribution in [3.63, 3.8) is 0 Å². The van der Waals surface area contributed by atoms with Crippen LogP contribution in [0.2, 0.25) is 0 Å². The molecule has 36 heavy (non-hydrogen) atoms. The molecule has 1 N–H and O–H groups in total. The Labute approximate surface area is 211 Å². The second kappa shape index (κ2) is 11.3. The van der Waals surface area contributed by atoms with Gasteiger partial charge in [-0.05, 0) is 54.8 Å². The van der Waals surface area contributed by atoms with Gasteiger partial charge in [-0.15, -0.1) is 0 Å². The molecule has 3 amide bonds. The molecule has 1 unspecified atom stereocenters. The Bertz CT molecular complexity index is 1210. The molecule has 8 heteroatoms. The monoisotopic (exact) mass is 492 g/mol. The molecule has 1 atom stereocenters. The molecule has 2 aromatic carbocycles. The van der Waals surface area contributed by atoms with E-state index in [1.165, 1.54) is 17.0 Å². The van der Waals surface area contributed by atoms with Crippen molar-refractivity contribution >= 4 is 17.6 Å². The Morgan fingerprint density at radius 1 is 1.11 bits per heavy atom. The van der Waals surface area contributed by atoms with Crippen LogP contribution >= 0.6 is 0 Å². The number of rotatable bonds is 8. The van der Waals surface area contributed by atoms with Crippen molar-refractivity contribution in [3.8, 4) is 5.75 Å². The Balaban J connectivity index is 1.57. The molecule has 2 heterocycles. The highest BCUT2D eigenvalue weighted by Crippen LogP contribution is 2.33. The molecule has 0 fully saturated rings. The van der Waals surface area contributed by atoms with E-state index in [4.69, 9.17) is 4.74 Å². The number of urea groups is 1. The lowest BCUT2D eigenvalue weighted by atomic mass is 9.99. The van der Waals surface area contributed by atoms with Crippen molar-refractivity contribution in [3.05, 3.63) is 83.9 Å². The van der Waals surface area contributed by atoms with Crippen molar-refractivity contribution in [2.75, 3.05) is 31.6 Å². The first-order valence-electron chi connectivity index (χ1n) is 12.3. The highest BCUT2D eigenvalue weighted by molar-refractivity contribution is 5.93. The Kier molecular flexibility index (Phi) is 7.93. The number of benzene rings is 2. The predicted molar refractivity (Wildman–Crippen MR) is 137 cm³/mol. The van der Waals surface area contributed by atoms with Crippen LogP contribution in [0.15, 0.2) is 66.9 Å². The van der Waals surface area contributed by atoms with Crippen molar-refractivity contribution in [2.45, 2.75) is 33.4 Å². The summed E-state index contributed by atoms with van der Waals surface area (Å²) in [5.74, 6) is 0.193. The van der Waals surface area contributed by atoms with Gasteiger partial charge in [0.15, 0.2) is 0 Å². The SMILES string of the molecule is CCOc1ccccc1NC(=O)N(CC(=O)N1CCn2cccc2C1c1cccc(F)c1)CC(C)C. The summed E-state index contributed by atoms with van der Waals surface area (Å²) >= 11 is 0. The fraction of sp³-hybridized carbons (Fsp3) is 0.357. The third-order valence-electron chi connectivity index (χ3n) is 6.15. The molecule has 0 radical (unpaired) electrons. The molecule has 3 aromatic rings. The van der Waals surface area contributed by atoms with E-state index >= 15 is 0 Å². The van der Waals surface area contributed by atoms with Crippen LogP contribution in [0.5, 0.6) is 5.75 Å². The van der Waals surface area contributed by atoms with E-state index in [2.05, 4.69) is 9.88 Å². The van der Waals surface area contributed by atoms with E-state index in [1.54, 1.807) is 23.1 Å². The predicted octanol–water partition coefficient (Wildman–Crippen LogP) is 5.15. The number of aromatic nitrogens is 1. The number of carbonyl (C=O) groups excluding carboxylic acids is 2. The van der Waals surface area contributed by atoms with E-state index in [-0.39, 0.29) is 30.2 Å². The molecular formula is C28H33FN4O3. The molecule has 1 aliphatic heterocycles. The first-order chi connectivity index (χ1) is 17.4. The molecule has 0 aliphatic carbocycles. The molecule has 4 rings (SSSR count). The zero-order valence-corrected chi connectivity index (χ0v) is 21.0. The van der Waals surface area contributed by atoms with Crippen LogP contribution in [0.1, 0.15) is 38.1 Å². The zero-order chi connectivity index (χ0) is 25.7. The fourth-order valence-electron chi connectivity index (χ4n) is 4.64. The number of ether oxygens (including phenoxy) is 1. The largest absolute Gasteiger partial charge is 0.492 e. The number of anilines is 1. The van der Waals surface area contributed by atoms with Gasteiger partial charge in [-0.25, -0.2) is 9.18 Å². The number of carbonyl (C=O) groups is 2. The normalized spacial score (nSPS) is 14.9. The summed E-state index contributed by atoms with van der Waals surface area (Å²) in [6, 6.07) is 16.7. The van der Waals surface area contributed by atoms with Gasteiger partial charge in [-0.1, -0.05) is 38.1 Å². The van der Waals surface area contributed by atoms with Gasteiger partial charge in [0.1, 0.15) is 18.1 Å². The average Bonchev–Trinajstić information content (AvgIpc) is 3.33. The smallest absolute Gasteiger partial charge is 0.322 e. The minimum absolute atomic E-state index is 0.0899. The minimum atomic E-state index is -0.431. The van der Waals surface area contributed by atoms with Crippen molar-refractivity contribution in [2.24, 2.45) is 5.92 Å². The lowest BCUT2D eigenvalue weighted by molar-refractivity contribution is -0.134. The highest BCUT2D eigenvalue weighted by atomic mass is 19.1. The number of hydrogen-bond donors (Lipinski definition) is 1. The van der Waals surface area contributed by atoms with E-state index in [1.807, 2.05) is 57.3 Å². The molecule has 1 aliphatic rings. The average molecular weight is 493 g/mol. The van der Waals surface area contributed by atoms with Crippen LogP contribution in [0, 0.1) is 11.7 Å². The van der Waals surface area contributed by atoms with Crippen LogP contribution < -0.4 is 10.1 Å². The summed E-state index contributed by atoms with van der Waals surface area (Å²) < 4.78 is 21.8. The Morgan fingerprint density at radius 3 is 2.67 bits per heavy atom. The minimum Gasteiger partial charge on any atom is -0.492 e. The Hall–Kier alpha value is -3.81. The fourth-order valence-corrected chi connectivity index (χ4v) is 4.64. The van der Waals surface area contributed by atoms with Gasteiger partial charge in [-0.2, -0.15) is 0 Å². The standard InChI is InChI=1S/C28H33FN4O3/c1-4-36-25-13-6-5-11-23(25)30-28(35)32(18-20(2)3)19-26(34)33-16-15-31-14-8-12-24(31)27(33)21-9-7-10-22(29)17-21/h5-14,17,20,27H,4,15-16,18-19H2,1-3H3,(H,30,35). The lowest BCUT2D eigenvalue weighted by Crippen LogP contribution is -2.49. The van der Waals surface area contributed by atoms with Crippen LogP contribution in [0.4, 0.5) is 14.9 Å². The maximum atomic E-state index is 14.1. The second-order valence-electron chi connectivity index (χ2n) is 9.30. The van der Waals surface area contributed by atoms with Crippen molar-refractivity contribution < 1.29 is 18.7 Å². The number of nitrogens with zero attached hydrogens (tertiary/aromatic N) is 3. The van der Waals surface area contributed by atoms with Crippen molar-refractivity contribution in [1.29, 1.82) is 0 Å². The van der Waals surface area contributed by atoms with E-state index < -0.39 is 6.04 Å². The van der Waals surface area contributed by atoms with Gasteiger partial charge in [0, 0.05) is 31.5 Å². The number of nitrogens with one attached hydrogen (secondary N) is 1. The van der Waals surface area contributed by atoms with Gasteiger partial charge < -0.3 is 24.4 Å². The first kappa shape index (κ1) is 25.3. The van der Waals surface area contributed by atoms with E-state index in [0.29, 0.717) is 43.2 Å². The number of halogens is 1. The third-order valence-corrected chi connectivity index (χ3v) is 6.15. The first-order valence-corrected chi connectivity index (χ1v) is 12.3. The van der Waals surface area contributed by atoms with Gasteiger partial charge in [0.25, 0.3) is 0 Å². The third kappa shape index (κ3) is 5.70. The van der Waals surface area contributed by atoms with Crippen LogP contribution in [0.25, 0.3) is 0 Å². The van der Waals surface area contributed by atoms with Gasteiger partial charge in [0.05, 0.1) is 18.3 Å².